The molecule has 0 bridgehead atoms. The molecule has 0 aliphatic rings. The molecule has 1 heterocycles. The third kappa shape index (κ3) is 4.17. The minimum Gasteiger partial charge on any atom is -0.341 e. The van der Waals surface area contributed by atoms with Crippen molar-refractivity contribution in [1.82, 2.24) is 9.88 Å². The van der Waals surface area contributed by atoms with Gasteiger partial charge in [-0.15, -0.1) is 0 Å². The number of hydrogen-bond acceptors (Lipinski definition) is 2. The van der Waals surface area contributed by atoms with Gasteiger partial charge in [0.15, 0.2) is 0 Å². The van der Waals surface area contributed by atoms with E-state index in [1.54, 1.807) is 11.9 Å². The SMILES string of the molecule is CCC(C)CN(C)C(=O)c1cc(Cl)nc(Cl)c1. The van der Waals surface area contributed by atoms with Crippen LogP contribution in [-0.2, 0) is 0 Å². The van der Waals surface area contributed by atoms with Crippen LogP contribution < -0.4 is 0 Å². The Morgan fingerprint density at radius 1 is 1.41 bits per heavy atom. The summed E-state index contributed by atoms with van der Waals surface area (Å²) in [6.45, 7) is 4.92. The van der Waals surface area contributed by atoms with Gasteiger partial charge in [0.2, 0.25) is 0 Å². The topological polar surface area (TPSA) is 33.2 Å². The Bertz CT molecular complexity index is 389. The van der Waals surface area contributed by atoms with Crippen LogP contribution >= 0.6 is 23.2 Å². The maximum Gasteiger partial charge on any atom is 0.253 e. The van der Waals surface area contributed by atoms with Crippen LogP contribution in [0.15, 0.2) is 12.1 Å². The zero-order valence-corrected chi connectivity index (χ0v) is 11.7. The monoisotopic (exact) mass is 274 g/mol. The van der Waals surface area contributed by atoms with Crippen LogP contribution in [0.1, 0.15) is 30.6 Å². The van der Waals surface area contributed by atoms with Gasteiger partial charge in [-0.3, -0.25) is 4.79 Å². The molecule has 0 radical (unpaired) electrons. The summed E-state index contributed by atoms with van der Waals surface area (Å²) in [6.07, 6.45) is 1.04. The van der Waals surface area contributed by atoms with Crippen LogP contribution in [0.25, 0.3) is 0 Å². The number of halogens is 2. The van der Waals surface area contributed by atoms with E-state index in [0.29, 0.717) is 18.0 Å². The lowest BCUT2D eigenvalue weighted by Gasteiger charge is -2.20. The molecule has 0 spiro atoms. The largest absolute Gasteiger partial charge is 0.341 e. The molecular weight excluding hydrogens is 259 g/mol. The lowest BCUT2D eigenvalue weighted by atomic mass is 10.1. The zero-order valence-electron chi connectivity index (χ0n) is 10.2. The molecule has 0 aliphatic heterocycles. The average molecular weight is 275 g/mol. The highest BCUT2D eigenvalue weighted by molar-refractivity contribution is 6.33. The predicted octanol–water partition coefficient (Wildman–Crippen LogP) is 3.51. The summed E-state index contributed by atoms with van der Waals surface area (Å²) < 4.78 is 0. The van der Waals surface area contributed by atoms with Crippen molar-refractivity contribution in [3.63, 3.8) is 0 Å². The Hall–Kier alpha value is -0.800. The average Bonchev–Trinajstić information content (AvgIpc) is 2.26. The molecule has 1 rings (SSSR count). The molecule has 1 aromatic heterocycles. The maximum absolute atomic E-state index is 12.1. The number of rotatable bonds is 4. The second-order valence-electron chi connectivity index (χ2n) is 4.20. The first-order valence-electron chi connectivity index (χ1n) is 5.52. The van der Waals surface area contributed by atoms with Gasteiger partial charge < -0.3 is 4.90 Å². The maximum atomic E-state index is 12.1. The predicted molar refractivity (Wildman–Crippen MR) is 70.7 cm³/mol. The van der Waals surface area contributed by atoms with E-state index in [4.69, 9.17) is 23.2 Å². The van der Waals surface area contributed by atoms with Crippen LogP contribution in [-0.4, -0.2) is 29.4 Å². The third-order valence-corrected chi connectivity index (χ3v) is 3.03. The van der Waals surface area contributed by atoms with Crippen molar-refractivity contribution in [2.45, 2.75) is 20.3 Å². The molecule has 1 unspecified atom stereocenters. The van der Waals surface area contributed by atoms with Crippen LogP contribution in [0.3, 0.4) is 0 Å². The minimum absolute atomic E-state index is 0.0866. The van der Waals surface area contributed by atoms with Gasteiger partial charge in [-0.1, -0.05) is 43.5 Å². The number of carbonyl (C=O) groups is 1. The molecule has 0 saturated carbocycles. The molecule has 94 valence electrons. The van der Waals surface area contributed by atoms with E-state index in [1.165, 1.54) is 12.1 Å². The fourth-order valence-corrected chi connectivity index (χ4v) is 1.95. The van der Waals surface area contributed by atoms with E-state index >= 15 is 0 Å². The quantitative estimate of drug-likeness (QED) is 0.788. The van der Waals surface area contributed by atoms with Crippen LogP contribution in [0.4, 0.5) is 0 Å². The number of nitrogens with zero attached hydrogens (tertiary/aromatic N) is 2. The van der Waals surface area contributed by atoms with Gasteiger partial charge in [-0.05, 0) is 18.1 Å². The summed E-state index contributed by atoms with van der Waals surface area (Å²) in [5.41, 5.74) is 0.473. The number of carbonyl (C=O) groups excluding carboxylic acids is 1. The summed E-state index contributed by atoms with van der Waals surface area (Å²) >= 11 is 11.5. The fourth-order valence-electron chi connectivity index (χ4n) is 1.49. The molecule has 1 aromatic rings. The Kier molecular flexibility index (Phi) is 5.22. The van der Waals surface area contributed by atoms with E-state index in [9.17, 15) is 4.79 Å². The number of pyridine rings is 1. The number of amides is 1. The molecular formula is C12H16Cl2N2O. The summed E-state index contributed by atoms with van der Waals surface area (Å²) in [5.74, 6) is 0.383. The minimum atomic E-state index is -0.0866. The molecule has 5 heteroatoms. The van der Waals surface area contributed by atoms with Gasteiger partial charge in [0.25, 0.3) is 5.91 Å². The highest BCUT2D eigenvalue weighted by Gasteiger charge is 2.15. The van der Waals surface area contributed by atoms with Crippen LogP contribution in [0.2, 0.25) is 10.3 Å². The van der Waals surface area contributed by atoms with Gasteiger partial charge in [0, 0.05) is 19.2 Å². The number of aromatic nitrogens is 1. The smallest absolute Gasteiger partial charge is 0.253 e. The normalized spacial score (nSPS) is 12.3. The molecule has 0 saturated heterocycles. The fraction of sp³-hybridized carbons (Fsp3) is 0.500. The van der Waals surface area contributed by atoms with E-state index in [-0.39, 0.29) is 16.2 Å². The van der Waals surface area contributed by atoms with Gasteiger partial charge >= 0.3 is 0 Å². The molecule has 1 atom stereocenters. The molecule has 0 aromatic carbocycles. The van der Waals surface area contributed by atoms with E-state index in [2.05, 4.69) is 18.8 Å². The zero-order chi connectivity index (χ0) is 13.0. The lowest BCUT2D eigenvalue weighted by molar-refractivity contribution is 0.0775. The highest BCUT2D eigenvalue weighted by atomic mass is 35.5. The summed E-state index contributed by atoms with van der Waals surface area (Å²) in [5, 5.41) is 0.468. The first-order valence-corrected chi connectivity index (χ1v) is 6.28. The summed E-state index contributed by atoms with van der Waals surface area (Å²) in [7, 11) is 1.77. The van der Waals surface area contributed by atoms with Crippen molar-refractivity contribution in [2.24, 2.45) is 5.92 Å². The third-order valence-electron chi connectivity index (χ3n) is 2.64. The van der Waals surface area contributed by atoms with Crippen LogP contribution in [0, 0.1) is 5.92 Å². The molecule has 1 amide bonds. The van der Waals surface area contributed by atoms with Crippen molar-refractivity contribution in [2.75, 3.05) is 13.6 Å². The molecule has 0 fully saturated rings. The van der Waals surface area contributed by atoms with E-state index < -0.39 is 0 Å². The Morgan fingerprint density at radius 2 is 1.94 bits per heavy atom. The van der Waals surface area contributed by atoms with Crippen LogP contribution in [0.5, 0.6) is 0 Å². The standard InChI is InChI=1S/C12H16Cl2N2O/c1-4-8(2)7-16(3)12(17)9-5-10(13)15-11(14)6-9/h5-6,8H,4,7H2,1-3H3. The van der Waals surface area contributed by atoms with Gasteiger partial charge in [0.05, 0.1) is 0 Å². The Morgan fingerprint density at radius 3 is 2.41 bits per heavy atom. The Balaban J connectivity index is 2.81. The Labute approximate surface area is 112 Å². The molecule has 17 heavy (non-hydrogen) atoms. The van der Waals surface area contributed by atoms with Crippen molar-refractivity contribution in [3.05, 3.63) is 28.0 Å². The lowest BCUT2D eigenvalue weighted by Crippen LogP contribution is -2.30. The molecule has 0 aliphatic carbocycles. The van der Waals surface area contributed by atoms with Crippen molar-refractivity contribution in [1.29, 1.82) is 0 Å². The number of hydrogen-bond donors (Lipinski definition) is 0. The highest BCUT2D eigenvalue weighted by Crippen LogP contribution is 2.16. The molecule has 3 nitrogen and oxygen atoms in total. The van der Waals surface area contributed by atoms with Crippen molar-refractivity contribution < 1.29 is 4.79 Å². The summed E-state index contributed by atoms with van der Waals surface area (Å²) in [6, 6.07) is 3.06. The van der Waals surface area contributed by atoms with Gasteiger partial charge in [-0.2, -0.15) is 0 Å². The van der Waals surface area contributed by atoms with E-state index in [1.807, 2.05) is 0 Å². The van der Waals surface area contributed by atoms with Crippen molar-refractivity contribution >= 4 is 29.1 Å². The van der Waals surface area contributed by atoms with E-state index in [0.717, 1.165) is 6.42 Å². The first kappa shape index (κ1) is 14.3. The first-order chi connectivity index (χ1) is 7.93. The van der Waals surface area contributed by atoms with Gasteiger partial charge in [-0.25, -0.2) is 4.98 Å². The molecule has 0 N–H and O–H groups in total. The summed E-state index contributed by atoms with van der Waals surface area (Å²) in [4.78, 5) is 17.6. The second-order valence-corrected chi connectivity index (χ2v) is 4.97. The van der Waals surface area contributed by atoms with Crippen molar-refractivity contribution in [3.8, 4) is 0 Å². The van der Waals surface area contributed by atoms with Gasteiger partial charge in [0.1, 0.15) is 10.3 Å². The second kappa shape index (κ2) is 6.22.